The van der Waals surface area contributed by atoms with Crippen LogP contribution in [0.15, 0.2) is 53.7 Å². The van der Waals surface area contributed by atoms with Crippen LogP contribution in [0.4, 0.5) is 0 Å². The summed E-state index contributed by atoms with van der Waals surface area (Å²) in [6, 6.07) is 1.84. The second-order valence-electron chi connectivity index (χ2n) is 5.76. The number of hydrogen-bond acceptors (Lipinski definition) is 6. The predicted molar refractivity (Wildman–Crippen MR) is 103 cm³/mol. The standard InChI is InChI=1S/C19H20N4OS/c1-5-6-7-15-12(3)22-23-18(15)17-10-25-19(21-17)16-8-14(13(4)24)9-20-11(16)2/h5-10,18,22-24H,1-2H2,3-4H3/b7-6-,14-13+. The number of allylic oxidation sites excluding steroid dienone is 3. The Kier molecular flexibility index (Phi) is 4.83. The molecule has 6 heteroatoms. The van der Waals surface area contributed by atoms with E-state index in [1.54, 1.807) is 19.2 Å². The summed E-state index contributed by atoms with van der Waals surface area (Å²) in [4.78, 5) is 9.03. The summed E-state index contributed by atoms with van der Waals surface area (Å²) >= 11 is 1.53. The van der Waals surface area contributed by atoms with Crippen molar-refractivity contribution in [2.75, 3.05) is 0 Å². The van der Waals surface area contributed by atoms with Crippen molar-refractivity contribution < 1.29 is 5.11 Å². The van der Waals surface area contributed by atoms with Gasteiger partial charge in [-0.05, 0) is 25.5 Å². The van der Waals surface area contributed by atoms with Crippen molar-refractivity contribution in [2.45, 2.75) is 19.9 Å². The smallest absolute Gasteiger partial charge is 0.125 e. The largest absolute Gasteiger partial charge is 0.512 e. The average molecular weight is 352 g/mol. The molecular formula is C19H20N4OS. The van der Waals surface area contributed by atoms with Gasteiger partial charge in [-0.2, -0.15) is 0 Å². The van der Waals surface area contributed by atoms with Crippen molar-refractivity contribution >= 4 is 23.7 Å². The van der Waals surface area contributed by atoms with Gasteiger partial charge in [-0.1, -0.05) is 31.4 Å². The highest BCUT2D eigenvalue weighted by Crippen LogP contribution is 2.31. The van der Waals surface area contributed by atoms with Crippen molar-refractivity contribution in [3.05, 3.63) is 70.0 Å². The molecule has 0 saturated heterocycles. The van der Waals surface area contributed by atoms with Gasteiger partial charge in [0.2, 0.25) is 0 Å². The lowest BCUT2D eigenvalue weighted by molar-refractivity contribution is 0.498. The van der Waals surface area contributed by atoms with Crippen LogP contribution in [0.2, 0.25) is 0 Å². The summed E-state index contributed by atoms with van der Waals surface area (Å²) in [7, 11) is 0. The van der Waals surface area contributed by atoms with Crippen molar-refractivity contribution in [2.24, 2.45) is 0 Å². The maximum atomic E-state index is 9.71. The molecule has 25 heavy (non-hydrogen) atoms. The molecule has 3 heterocycles. The van der Waals surface area contributed by atoms with Gasteiger partial charge in [0.15, 0.2) is 0 Å². The number of aliphatic hydroxyl groups excluding tert-OH is 1. The monoisotopic (exact) mass is 352 g/mol. The SMILES string of the molecule is C=C/C=C\C1=C(C)NNC1c1csc(-c2c/c(=C(/C)O)cnc2=C)n1. The molecule has 1 atom stereocenters. The lowest BCUT2D eigenvalue weighted by Gasteiger charge is -2.09. The van der Waals surface area contributed by atoms with Crippen molar-refractivity contribution in [1.29, 1.82) is 0 Å². The first-order valence-corrected chi connectivity index (χ1v) is 8.71. The zero-order chi connectivity index (χ0) is 18.0. The Morgan fingerprint density at radius 2 is 2.24 bits per heavy atom. The summed E-state index contributed by atoms with van der Waals surface area (Å²) in [5, 5.41) is 13.9. The fourth-order valence-electron chi connectivity index (χ4n) is 2.59. The second-order valence-corrected chi connectivity index (χ2v) is 6.62. The Morgan fingerprint density at radius 3 is 2.96 bits per heavy atom. The van der Waals surface area contributed by atoms with Crippen LogP contribution in [0, 0.1) is 0 Å². The molecule has 0 radical (unpaired) electrons. The number of thiazole rings is 1. The highest BCUT2D eigenvalue weighted by atomic mass is 32.1. The number of hydrazine groups is 1. The highest BCUT2D eigenvalue weighted by Gasteiger charge is 2.25. The van der Waals surface area contributed by atoms with Crippen molar-refractivity contribution in [3.8, 4) is 10.6 Å². The van der Waals surface area contributed by atoms with Gasteiger partial charge in [0.05, 0.1) is 22.8 Å². The lowest BCUT2D eigenvalue weighted by Crippen LogP contribution is -2.26. The third-order valence-corrected chi connectivity index (χ3v) is 4.89. The molecule has 0 amide bonds. The fourth-order valence-corrected chi connectivity index (χ4v) is 3.47. The minimum absolute atomic E-state index is 0.0308. The first-order chi connectivity index (χ1) is 12.0. The van der Waals surface area contributed by atoms with Crippen molar-refractivity contribution in [3.63, 3.8) is 0 Å². The van der Waals surface area contributed by atoms with E-state index < -0.39 is 0 Å². The van der Waals surface area contributed by atoms with E-state index in [2.05, 4.69) is 29.0 Å². The Hall–Kier alpha value is -2.70. The van der Waals surface area contributed by atoms with Crippen LogP contribution < -0.4 is 21.4 Å². The molecule has 5 nitrogen and oxygen atoms in total. The molecule has 1 aliphatic heterocycles. The van der Waals surface area contributed by atoms with Crippen LogP contribution in [0.5, 0.6) is 0 Å². The van der Waals surface area contributed by atoms with Crippen LogP contribution >= 0.6 is 11.3 Å². The third kappa shape index (κ3) is 3.40. The molecule has 3 N–H and O–H groups in total. The van der Waals surface area contributed by atoms with E-state index in [0.29, 0.717) is 10.6 Å². The maximum Gasteiger partial charge on any atom is 0.125 e. The zero-order valence-electron chi connectivity index (χ0n) is 14.2. The van der Waals surface area contributed by atoms with Gasteiger partial charge < -0.3 is 10.5 Å². The van der Waals surface area contributed by atoms with Gasteiger partial charge in [0.1, 0.15) is 5.01 Å². The summed E-state index contributed by atoms with van der Waals surface area (Å²) in [5.74, 6) is 0.225. The van der Waals surface area contributed by atoms with Crippen LogP contribution in [-0.2, 0) is 0 Å². The van der Waals surface area contributed by atoms with Crippen LogP contribution in [0.1, 0.15) is 25.6 Å². The number of aromatic nitrogens is 2. The van der Waals surface area contributed by atoms with Gasteiger partial charge >= 0.3 is 0 Å². The normalized spacial score (nSPS) is 18.6. The fraction of sp³-hybridized carbons (Fsp3) is 0.158. The molecule has 2 aromatic heterocycles. The van der Waals surface area contributed by atoms with Gasteiger partial charge in [-0.3, -0.25) is 4.98 Å². The minimum Gasteiger partial charge on any atom is -0.512 e. The van der Waals surface area contributed by atoms with Crippen molar-refractivity contribution in [1.82, 2.24) is 20.8 Å². The van der Waals surface area contributed by atoms with E-state index in [1.165, 1.54) is 11.3 Å². The molecule has 2 aromatic rings. The summed E-state index contributed by atoms with van der Waals surface area (Å²) in [6.45, 7) is 11.4. The number of nitrogens with zero attached hydrogens (tertiary/aromatic N) is 2. The molecule has 0 fully saturated rings. The minimum atomic E-state index is -0.0308. The van der Waals surface area contributed by atoms with E-state index >= 15 is 0 Å². The van der Waals surface area contributed by atoms with E-state index in [1.807, 2.05) is 30.5 Å². The molecule has 0 bridgehead atoms. The molecule has 128 valence electrons. The number of nitrogens with one attached hydrogen (secondary N) is 2. The predicted octanol–water partition coefficient (Wildman–Crippen LogP) is 2.47. The summed E-state index contributed by atoms with van der Waals surface area (Å²) < 4.78 is 0. The molecule has 0 aliphatic carbocycles. The summed E-state index contributed by atoms with van der Waals surface area (Å²) in [6.07, 6.45) is 7.30. The quantitative estimate of drug-likeness (QED) is 0.738. The number of rotatable bonds is 4. The van der Waals surface area contributed by atoms with Gasteiger partial charge in [-0.15, -0.1) is 11.3 Å². The van der Waals surface area contributed by atoms with Crippen LogP contribution in [0.25, 0.3) is 22.9 Å². The lowest BCUT2D eigenvalue weighted by atomic mass is 10.0. The van der Waals surface area contributed by atoms with Crippen LogP contribution in [-0.4, -0.2) is 15.1 Å². The third-order valence-electron chi connectivity index (χ3n) is 4.00. The van der Waals surface area contributed by atoms with E-state index in [4.69, 9.17) is 4.98 Å². The molecule has 1 aliphatic rings. The molecular weight excluding hydrogens is 332 g/mol. The number of hydrogen-bond donors (Lipinski definition) is 3. The molecule has 3 rings (SSSR count). The van der Waals surface area contributed by atoms with Gasteiger partial charge in [-0.25, -0.2) is 10.4 Å². The molecule has 1 unspecified atom stereocenters. The Morgan fingerprint density at radius 1 is 1.44 bits per heavy atom. The molecule has 0 aromatic carbocycles. The topological polar surface area (TPSA) is 70.1 Å². The maximum absolute atomic E-state index is 9.71. The number of pyridine rings is 1. The Bertz CT molecular complexity index is 983. The first kappa shape index (κ1) is 17.1. The highest BCUT2D eigenvalue weighted by molar-refractivity contribution is 7.13. The summed E-state index contributed by atoms with van der Waals surface area (Å²) in [5.41, 5.74) is 10.3. The van der Waals surface area contributed by atoms with E-state index in [-0.39, 0.29) is 11.8 Å². The second kappa shape index (κ2) is 7.04. The molecule has 0 spiro atoms. The number of aliphatic hydroxyl groups is 1. The van der Waals surface area contributed by atoms with Crippen LogP contribution in [0.3, 0.4) is 0 Å². The van der Waals surface area contributed by atoms with Gasteiger partial charge in [0.25, 0.3) is 0 Å². The molecule has 0 saturated carbocycles. The van der Waals surface area contributed by atoms with E-state index in [0.717, 1.165) is 27.5 Å². The first-order valence-electron chi connectivity index (χ1n) is 7.83. The van der Waals surface area contributed by atoms with E-state index in [9.17, 15) is 5.11 Å². The Balaban J connectivity index is 2.01. The average Bonchev–Trinajstić information content (AvgIpc) is 3.20. The zero-order valence-corrected chi connectivity index (χ0v) is 15.0. The Labute approximate surface area is 150 Å². The van der Waals surface area contributed by atoms with Gasteiger partial charge in [0, 0.05) is 28.1 Å².